The molecule has 2 rings (SSSR count). The van der Waals surface area contributed by atoms with Crippen molar-refractivity contribution in [3.05, 3.63) is 33.8 Å². The number of hydrogen-bond acceptors (Lipinski definition) is 3. The average Bonchev–Trinajstić information content (AvgIpc) is 2.88. The van der Waals surface area contributed by atoms with E-state index in [4.69, 9.17) is 0 Å². The van der Waals surface area contributed by atoms with E-state index in [2.05, 4.69) is 44.6 Å². The lowest BCUT2D eigenvalue weighted by Gasteiger charge is -2.16. The summed E-state index contributed by atoms with van der Waals surface area (Å²) in [6, 6.07) is 0.254. The van der Waals surface area contributed by atoms with Gasteiger partial charge >= 0.3 is 0 Å². The van der Waals surface area contributed by atoms with E-state index in [1.807, 2.05) is 36.6 Å². The Kier molecular flexibility index (Phi) is 4.42. The van der Waals surface area contributed by atoms with Gasteiger partial charge in [-0.1, -0.05) is 6.92 Å². The van der Waals surface area contributed by atoms with Crippen molar-refractivity contribution in [2.24, 2.45) is 14.1 Å². The van der Waals surface area contributed by atoms with Crippen LogP contribution in [0.3, 0.4) is 0 Å². The van der Waals surface area contributed by atoms with Gasteiger partial charge < -0.3 is 5.32 Å². The number of aryl methyl sites for hydroxylation is 3. The van der Waals surface area contributed by atoms with Crippen LogP contribution in [0.2, 0.25) is 0 Å². The molecule has 5 nitrogen and oxygen atoms in total. The predicted octanol–water partition coefficient (Wildman–Crippen LogP) is 2.12. The fourth-order valence-corrected chi connectivity index (χ4v) is 2.77. The van der Waals surface area contributed by atoms with E-state index in [1.165, 1.54) is 11.3 Å². The minimum atomic E-state index is 0.254. The number of nitrogens with zero attached hydrogens (tertiary/aromatic N) is 4. The molecular formula is C13H20BrN5. The van der Waals surface area contributed by atoms with Crippen LogP contribution in [0.4, 0.5) is 0 Å². The molecule has 0 radical (unpaired) electrons. The van der Waals surface area contributed by atoms with Gasteiger partial charge in [0.15, 0.2) is 0 Å². The van der Waals surface area contributed by atoms with Crippen LogP contribution in [0.1, 0.15) is 29.9 Å². The number of rotatable bonds is 5. The fourth-order valence-electron chi connectivity index (χ4n) is 2.27. The molecule has 0 bridgehead atoms. The van der Waals surface area contributed by atoms with E-state index in [0.717, 1.165) is 23.1 Å². The topological polar surface area (TPSA) is 47.7 Å². The largest absolute Gasteiger partial charge is 0.310 e. The van der Waals surface area contributed by atoms with E-state index in [0.29, 0.717) is 0 Å². The normalized spacial score (nSPS) is 12.9. The summed E-state index contributed by atoms with van der Waals surface area (Å²) in [7, 11) is 3.93. The second kappa shape index (κ2) is 5.88. The second-order valence-electron chi connectivity index (χ2n) is 4.73. The summed E-state index contributed by atoms with van der Waals surface area (Å²) in [5.74, 6) is 0. The van der Waals surface area contributed by atoms with Gasteiger partial charge in [0.25, 0.3) is 0 Å². The van der Waals surface area contributed by atoms with Gasteiger partial charge in [-0.25, -0.2) is 0 Å². The highest BCUT2D eigenvalue weighted by Gasteiger charge is 2.18. The van der Waals surface area contributed by atoms with Gasteiger partial charge in [0.1, 0.15) is 0 Å². The van der Waals surface area contributed by atoms with Crippen LogP contribution in [0.25, 0.3) is 0 Å². The molecule has 1 N–H and O–H groups in total. The Labute approximate surface area is 122 Å². The first-order valence-corrected chi connectivity index (χ1v) is 7.22. The second-order valence-corrected chi connectivity index (χ2v) is 5.52. The maximum absolute atomic E-state index is 4.44. The number of halogens is 1. The molecule has 0 fully saturated rings. The van der Waals surface area contributed by atoms with Gasteiger partial charge in [-0.3, -0.25) is 9.36 Å². The molecule has 0 aliphatic rings. The molecule has 1 atom stereocenters. The van der Waals surface area contributed by atoms with Crippen LogP contribution < -0.4 is 5.32 Å². The lowest BCUT2D eigenvalue weighted by Crippen LogP contribution is -2.23. The van der Waals surface area contributed by atoms with Crippen LogP contribution in [0, 0.1) is 6.92 Å². The van der Waals surface area contributed by atoms with E-state index < -0.39 is 0 Å². The van der Waals surface area contributed by atoms with E-state index in [-0.39, 0.29) is 6.04 Å². The summed E-state index contributed by atoms with van der Waals surface area (Å²) in [4.78, 5) is 0. The molecule has 0 aliphatic carbocycles. The van der Waals surface area contributed by atoms with Crippen molar-refractivity contribution in [3.63, 3.8) is 0 Å². The fraction of sp³-hybridized carbons (Fsp3) is 0.538. The summed E-state index contributed by atoms with van der Waals surface area (Å²) in [6.07, 6.45) is 4.87. The van der Waals surface area contributed by atoms with Crippen molar-refractivity contribution >= 4 is 15.9 Å². The van der Waals surface area contributed by atoms with E-state index in [9.17, 15) is 0 Å². The third-order valence-electron chi connectivity index (χ3n) is 3.24. The molecule has 2 heterocycles. The monoisotopic (exact) mass is 325 g/mol. The highest BCUT2D eigenvalue weighted by Crippen LogP contribution is 2.25. The zero-order valence-electron chi connectivity index (χ0n) is 11.8. The molecule has 0 aliphatic heterocycles. The zero-order valence-corrected chi connectivity index (χ0v) is 13.4. The number of likely N-dealkylation sites (N-methyl/N-ethyl adjacent to an activating group) is 1. The Morgan fingerprint density at radius 1 is 1.42 bits per heavy atom. The maximum Gasteiger partial charge on any atom is 0.0738 e. The van der Waals surface area contributed by atoms with E-state index in [1.54, 1.807) is 0 Å². The smallest absolute Gasteiger partial charge is 0.0738 e. The third kappa shape index (κ3) is 3.06. The standard InChI is InChI=1S/C13H20BrN5/c1-5-15-11(10-7-16-18(3)8-10)6-12-13(14)9(2)17-19(12)4/h7-8,11,15H,5-6H2,1-4H3. The third-order valence-corrected chi connectivity index (χ3v) is 4.27. The van der Waals surface area contributed by atoms with Gasteiger partial charge in [-0.15, -0.1) is 0 Å². The highest BCUT2D eigenvalue weighted by molar-refractivity contribution is 9.10. The number of nitrogens with one attached hydrogen (secondary N) is 1. The minimum Gasteiger partial charge on any atom is -0.310 e. The first-order chi connectivity index (χ1) is 9.02. The molecular weight excluding hydrogens is 306 g/mol. The van der Waals surface area contributed by atoms with Crippen LogP contribution >= 0.6 is 15.9 Å². The molecule has 2 aromatic rings. The Balaban J connectivity index is 2.26. The van der Waals surface area contributed by atoms with Crippen molar-refractivity contribution in [2.45, 2.75) is 26.3 Å². The Morgan fingerprint density at radius 3 is 2.63 bits per heavy atom. The van der Waals surface area contributed by atoms with Crippen molar-refractivity contribution in [2.75, 3.05) is 6.54 Å². The molecule has 0 spiro atoms. The molecule has 0 amide bonds. The zero-order chi connectivity index (χ0) is 14.0. The highest BCUT2D eigenvalue weighted by atomic mass is 79.9. The quantitative estimate of drug-likeness (QED) is 0.916. The summed E-state index contributed by atoms with van der Waals surface area (Å²) in [5, 5.41) is 12.2. The average molecular weight is 326 g/mol. The maximum atomic E-state index is 4.44. The Bertz CT molecular complexity index is 557. The summed E-state index contributed by atoms with van der Waals surface area (Å²) in [5.41, 5.74) is 3.43. The molecule has 0 saturated carbocycles. The van der Waals surface area contributed by atoms with Crippen LogP contribution in [0.5, 0.6) is 0 Å². The Hall–Kier alpha value is -1.14. The molecule has 1 unspecified atom stereocenters. The summed E-state index contributed by atoms with van der Waals surface area (Å²) in [6.45, 7) is 5.06. The SMILES string of the molecule is CCNC(Cc1c(Br)c(C)nn1C)c1cnn(C)c1. The van der Waals surface area contributed by atoms with Crippen LogP contribution in [-0.4, -0.2) is 26.1 Å². The van der Waals surface area contributed by atoms with Crippen molar-refractivity contribution in [1.29, 1.82) is 0 Å². The number of hydrogen-bond donors (Lipinski definition) is 1. The lowest BCUT2D eigenvalue weighted by molar-refractivity contribution is 0.527. The Morgan fingerprint density at radius 2 is 2.16 bits per heavy atom. The van der Waals surface area contributed by atoms with Gasteiger partial charge in [0.2, 0.25) is 0 Å². The van der Waals surface area contributed by atoms with E-state index >= 15 is 0 Å². The molecule has 6 heteroatoms. The number of aromatic nitrogens is 4. The van der Waals surface area contributed by atoms with Crippen molar-refractivity contribution in [3.8, 4) is 0 Å². The first kappa shape index (κ1) is 14.3. The predicted molar refractivity (Wildman–Crippen MR) is 79.0 cm³/mol. The van der Waals surface area contributed by atoms with Gasteiger partial charge in [-0.2, -0.15) is 10.2 Å². The molecule has 19 heavy (non-hydrogen) atoms. The molecule has 2 aromatic heterocycles. The summed E-state index contributed by atoms with van der Waals surface area (Å²) < 4.78 is 4.88. The van der Waals surface area contributed by atoms with Crippen LogP contribution in [-0.2, 0) is 20.5 Å². The minimum absolute atomic E-state index is 0.254. The molecule has 104 valence electrons. The van der Waals surface area contributed by atoms with Gasteiger partial charge in [0, 0.05) is 38.3 Å². The lowest BCUT2D eigenvalue weighted by atomic mass is 10.1. The first-order valence-electron chi connectivity index (χ1n) is 6.42. The van der Waals surface area contributed by atoms with Gasteiger partial charge in [0.05, 0.1) is 22.1 Å². The van der Waals surface area contributed by atoms with Crippen LogP contribution in [0.15, 0.2) is 16.9 Å². The molecule has 0 saturated heterocycles. The molecule has 0 aromatic carbocycles. The summed E-state index contributed by atoms with van der Waals surface area (Å²) >= 11 is 3.63. The van der Waals surface area contributed by atoms with Crippen molar-refractivity contribution < 1.29 is 0 Å². The van der Waals surface area contributed by atoms with Crippen molar-refractivity contribution in [1.82, 2.24) is 24.9 Å². The van der Waals surface area contributed by atoms with Gasteiger partial charge in [-0.05, 0) is 29.4 Å².